The number of hydrogen-bond acceptors (Lipinski definition) is 4. The Morgan fingerprint density at radius 1 is 1.75 bits per heavy atom. The largest absolute Gasteiger partial charge is 0.368 e. The third kappa shape index (κ3) is 2.35. The summed E-state index contributed by atoms with van der Waals surface area (Å²) in [6.07, 6.45) is 2.76. The van der Waals surface area contributed by atoms with Crippen molar-refractivity contribution in [3.8, 4) is 0 Å². The van der Waals surface area contributed by atoms with Crippen LogP contribution in [-0.2, 0) is 4.79 Å². The molecule has 5 nitrogen and oxygen atoms in total. The molecule has 0 aromatic carbocycles. The lowest BCUT2D eigenvalue weighted by atomic mass is 10.5. The normalized spacial score (nSPS) is 9.42. The highest BCUT2D eigenvalue weighted by Gasteiger charge is 2.00. The molecule has 0 unspecified atom stereocenters. The molecule has 0 spiro atoms. The zero-order valence-corrected chi connectivity index (χ0v) is 6.88. The number of aromatic nitrogens is 2. The quantitative estimate of drug-likeness (QED) is 0.698. The van der Waals surface area contributed by atoms with Crippen LogP contribution in [0.25, 0.3) is 0 Å². The number of nitrogens with zero attached hydrogens (tertiary/aromatic N) is 2. The molecule has 0 radical (unpaired) electrons. The first-order valence-corrected chi connectivity index (χ1v) is 3.55. The fraction of sp³-hybridized carbons (Fsp3) is 0.167. The molecule has 1 heterocycles. The second-order valence-electron chi connectivity index (χ2n) is 2.04. The number of anilines is 1. The molecule has 1 aromatic rings. The first-order chi connectivity index (χ1) is 5.70. The Morgan fingerprint density at radius 3 is 3.08 bits per heavy atom. The minimum Gasteiger partial charge on any atom is -0.368 e. The summed E-state index contributed by atoms with van der Waals surface area (Å²) in [5.41, 5.74) is 4.90. The van der Waals surface area contributed by atoms with Crippen LogP contribution in [0.4, 0.5) is 5.82 Å². The van der Waals surface area contributed by atoms with Gasteiger partial charge in [0.1, 0.15) is 17.2 Å². The topological polar surface area (TPSA) is 80.9 Å². The summed E-state index contributed by atoms with van der Waals surface area (Å²) in [4.78, 5) is 17.8. The Labute approximate surface area is 74.0 Å². The first-order valence-electron chi connectivity index (χ1n) is 3.18. The van der Waals surface area contributed by atoms with Gasteiger partial charge in [0.15, 0.2) is 0 Å². The van der Waals surface area contributed by atoms with Gasteiger partial charge in [-0.05, 0) is 0 Å². The molecule has 0 saturated carbocycles. The van der Waals surface area contributed by atoms with Gasteiger partial charge in [0.05, 0.1) is 12.7 Å². The third-order valence-electron chi connectivity index (χ3n) is 1.10. The van der Waals surface area contributed by atoms with Crippen molar-refractivity contribution < 1.29 is 4.79 Å². The Morgan fingerprint density at radius 2 is 2.50 bits per heavy atom. The molecule has 1 amide bonds. The Bertz CT molecular complexity index is 291. The van der Waals surface area contributed by atoms with Crippen LogP contribution in [0.1, 0.15) is 0 Å². The van der Waals surface area contributed by atoms with Gasteiger partial charge in [0.25, 0.3) is 0 Å². The van der Waals surface area contributed by atoms with Gasteiger partial charge in [0, 0.05) is 0 Å². The van der Waals surface area contributed by atoms with Crippen molar-refractivity contribution in [2.45, 2.75) is 0 Å². The van der Waals surface area contributed by atoms with Gasteiger partial charge in [-0.3, -0.25) is 4.79 Å². The molecule has 0 bridgehead atoms. The van der Waals surface area contributed by atoms with E-state index in [0.717, 1.165) is 0 Å². The summed E-state index contributed by atoms with van der Waals surface area (Å²) in [6.45, 7) is 0.0106. The lowest BCUT2D eigenvalue weighted by molar-refractivity contribution is -0.116. The van der Waals surface area contributed by atoms with Crippen molar-refractivity contribution in [1.29, 1.82) is 0 Å². The molecule has 0 atom stereocenters. The Balaban J connectivity index is 2.63. The van der Waals surface area contributed by atoms with E-state index in [1.165, 1.54) is 12.5 Å². The van der Waals surface area contributed by atoms with Gasteiger partial charge in [-0.1, -0.05) is 11.6 Å². The monoisotopic (exact) mass is 186 g/mol. The summed E-state index contributed by atoms with van der Waals surface area (Å²) in [7, 11) is 0. The van der Waals surface area contributed by atoms with Gasteiger partial charge >= 0.3 is 0 Å². The van der Waals surface area contributed by atoms with Crippen LogP contribution in [0.2, 0.25) is 5.02 Å². The molecule has 0 saturated heterocycles. The average molecular weight is 187 g/mol. The highest BCUT2D eigenvalue weighted by molar-refractivity contribution is 6.32. The summed E-state index contributed by atoms with van der Waals surface area (Å²) in [6, 6.07) is 0. The highest BCUT2D eigenvalue weighted by atomic mass is 35.5. The number of hydrogen-bond donors (Lipinski definition) is 2. The van der Waals surface area contributed by atoms with Crippen molar-refractivity contribution in [2.24, 2.45) is 5.73 Å². The van der Waals surface area contributed by atoms with Crippen LogP contribution < -0.4 is 11.1 Å². The lowest BCUT2D eigenvalue weighted by Crippen LogP contribution is -2.22. The van der Waals surface area contributed by atoms with Crippen molar-refractivity contribution >= 4 is 23.3 Å². The zero-order chi connectivity index (χ0) is 8.97. The molecule has 6 heteroatoms. The maximum atomic E-state index is 10.4. The van der Waals surface area contributed by atoms with Crippen LogP contribution in [0.5, 0.6) is 0 Å². The van der Waals surface area contributed by atoms with E-state index in [1.807, 2.05) is 0 Å². The minimum absolute atomic E-state index is 0.0106. The SMILES string of the molecule is NC(=O)CNc1ncncc1Cl. The van der Waals surface area contributed by atoms with E-state index in [0.29, 0.717) is 10.8 Å². The maximum Gasteiger partial charge on any atom is 0.236 e. The Hall–Kier alpha value is -1.36. The summed E-state index contributed by atoms with van der Waals surface area (Å²) in [5.74, 6) is -0.0601. The van der Waals surface area contributed by atoms with Crippen LogP contribution in [0.3, 0.4) is 0 Å². The molecular formula is C6H7ClN4O. The molecule has 12 heavy (non-hydrogen) atoms. The molecule has 0 fully saturated rings. The first kappa shape index (κ1) is 8.73. The molecule has 3 N–H and O–H groups in total. The van der Waals surface area contributed by atoms with Gasteiger partial charge in [0.2, 0.25) is 5.91 Å². The van der Waals surface area contributed by atoms with Crippen LogP contribution >= 0.6 is 11.6 Å². The third-order valence-corrected chi connectivity index (χ3v) is 1.37. The van der Waals surface area contributed by atoms with E-state index in [4.69, 9.17) is 17.3 Å². The Kier molecular flexibility index (Phi) is 2.82. The zero-order valence-electron chi connectivity index (χ0n) is 6.12. The van der Waals surface area contributed by atoms with Gasteiger partial charge in [-0.2, -0.15) is 0 Å². The molecule has 0 aliphatic carbocycles. The van der Waals surface area contributed by atoms with Gasteiger partial charge in [-0.15, -0.1) is 0 Å². The molecular weight excluding hydrogens is 180 g/mol. The molecule has 1 aromatic heterocycles. The summed E-state index contributed by atoms with van der Waals surface area (Å²) >= 11 is 5.67. The number of nitrogens with one attached hydrogen (secondary N) is 1. The van der Waals surface area contributed by atoms with Crippen molar-refractivity contribution in [2.75, 3.05) is 11.9 Å². The van der Waals surface area contributed by atoms with Crippen molar-refractivity contribution in [3.63, 3.8) is 0 Å². The van der Waals surface area contributed by atoms with E-state index in [9.17, 15) is 4.79 Å². The number of carbonyl (C=O) groups is 1. The average Bonchev–Trinajstić information content (AvgIpc) is 2.03. The second kappa shape index (κ2) is 3.87. The number of carbonyl (C=O) groups excluding carboxylic acids is 1. The highest BCUT2D eigenvalue weighted by Crippen LogP contribution is 2.14. The number of amides is 1. The van der Waals surface area contributed by atoms with Crippen molar-refractivity contribution in [3.05, 3.63) is 17.5 Å². The van der Waals surface area contributed by atoms with Crippen LogP contribution in [0.15, 0.2) is 12.5 Å². The standard InChI is InChI=1S/C6H7ClN4O/c7-4-1-9-3-11-6(4)10-2-5(8)12/h1,3H,2H2,(H2,8,12)(H,9,10,11). The van der Waals surface area contributed by atoms with E-state index in [-0.39, 0.29) is 6.54 Å². The van der Waals surface area contributed by atoms with E-state index < -0.39 is 5.91 Å². The predicted octanol–water partition coefficient (Wildman–Crippen LogP) is 0.0272. The van der Waals surface area contributed by atoms with Crippen molar-refractivity contribution in [1.82, 2.24) is 9.97 Å². The molecule has 0 aliphatic heterocycles. The summed E-state index contributed by atoms with van der Waals surface area (Å²) < 4.78 is 0. The number of nitrogens with two attached hydrogens (primary N) is 1. The smallest absolute Gasteiger partial charge is 0.236 e. The second-order valence-corrected chi connectivity index (χ2v) is 2.45. The fourth-order valence-electron chi connectivity index (χ4n) is 0.614. The van der Waals surface area contributed by atoms with Gasteiger partial charge in [-0.25, -0.2) is 9.97 Å². The van der Waals surface area contributed by atoms with E-state index >= 15 is 0 Å². The van der Waals surface area contributed by atoms with E-state index in [2.05, 4.69) is 15.3 Å². The number of halogens is 1. The van der Waals surface area contributed by atoms with Gasteiger partial charge < -0.3 is 11.1 Å². The number of rotatable bonds is 3. The minimum atomic E-state index is -0.468. The van der Waals surface area contributed by atoms with Crippen LogP contribution in [0, 0.1) is 0 Å². The fourth-order valence-corrected chi connectivity index (χ4v) is 0.786. The molecule has 0 aliphatic rings. The lowest BCUT2D eigenvalue weighted by Gasteiger charge is -2.02. The van der Waals surface area contributed by atoms with Crippen LogP contribution in [-0.4, -0.2) is 22.4 Å². The van der Waals surface area contributed by atoms with E-state index in [1.54, 1.807) is 0 Å². The maximum absolute atomic E-state index is 10.4. The predicted molar refractivity (Wildman–Crippen MR) is 44.7 cm³/mol. The summed E-state index contributed by atoms with van der Waals surface area (Å²) in [5, 5.41) is 3.01. The number of primary amides is 1. The molecule has 1 rings (SSSR count). The molecule has 64 valence electrons.